The number of rotatable bonds is 3. The first-order chi connectivity index (χ1) is 7.68. The van der Waals surface area contributed by atoms with Crippen LogP contribution in [0.5, 0.6) is 0 Å². The highest BCUT2D eigenvalue weighted by Gasteiger charge is 2.07. The predicted molar refractivity (Wildman–Crippen MR) is 77.4 cm³/mol. The average molecular weight is 335 g/mol. The number of thiophene rings is 1. The standard InChI is InChI=1S/C11H9BrClNS2/c12-7-4-5-15-10(7)6-16-11-8(13)2-1-3-9(11)14/h1-5H,6,14H2. The third-order valence-electron chi connectivity index (χ3n) is 2.04. The molecule has 0 radical (unpaired) electrons. The molecule has 16 heavy (non-hydrogen) atoms. The van der Waals surface area contributed by atoms with Crippen LogP contribution in [0.3, 0.4) is 0 Å². The van der Waals surface area contributed by atoms with Crippen molar-refractivity contribution in [3.8, 4) is 0 Å². The summed E-state index contributed by atoms with van der Waals surface area (Å²) in [5.41, 5.74) is 6.63. The Morgan fingerprint density at radius 2 is 2.19 bits per heavy atom. The number of benzene rings is 1. The minimum Gasteiger partial charge on any atom is -0.398 e. The van der Waals surface area contributed by atoms with Gasteiger partial charge in [-0.25, -0.2) is 0 Å². The van der Waals surface area contributed by atoms with Crippen molar-refractivity contribution in [3.05, 3.63) is 44.0 Å². The Bertz CT molecular complexity index is 478. The van der Waals surface area contributed by atoms with Gasteiger partial charge in [-0.2, -0.15) is 0 Å². The summed E-state index contributed by atoms with van der Waals surface area (Å²) in [5, 5.41) is 2.79. The van der Waals surface area contributed by atoms with Crippen molar-refractivity contribution in [2.24, 2.45) is 0 Å². The number of nitrogen functional groups attached to an aromatic ring is 1. The van der Waals surface area contributed by atoms with Gasteiger partial charge in [0.25, 0.3) is 0 Å². The van der Waals surface area contributed by atoms with Crippen molar-refractivity contribution in [2.45, 2.75) is 10.6 Å². The highest BCUT2D eigenvalue weighted by Crippen LogP contribution is 2.37. The highest BCUT2D eigenvalue weighted by atomic mass is 79.9. The monoisotopic (exact) mass is 333 g/mol. The van der Waals surface area contributed by atoms with Crippen molar-refractivity contribution >= 4 is 56.3 Å². The lowest BCUT2D eigenvalue weighted by Crippen LogP contribution is -1.89. The molecule has 0 unspecified atom stereocenters. The molecule has 0 atom stereocenters. The molecule has 1 heterocycles. The van der Waals surface area contributed by atoms with E-state index in [0.717, 1.165) is 25.8 Å². The zero-order chi connectivity index (χ0) is 11.5. The first kappa shape index (κ1) is 12.3. The summed E-state index contributed by atoms with van der Waals surface area (Å²) < 4.78 is 1.15. The van der Waals surface area contributed by atoms with E-state index in [4.69, 9.17) is 17.3 Å². The molecular weight excluding hydrogens is 326 g/mol. The van der Waals surface area contributed by atoms with E-state index in [0.29, 0.717) is 0 Å². The van der Waals surface area contributed by atoms with E-state index >= 15 is 0 Å². The molecule has 1 nitrogen and oxygen atoms in total. The normalized spacial score (nSPS) is 10.6. The molecule has 0 amide bonds. The maximum Gasteiger partial charge on any atom is 0.0562 e. The molecule has 2 rings (SSSR count). The van der Waals surface area contributed by atoms with E-state index in [-0.39, 0.29) is 0 Å². The predicted octanol–water partition coefficient (Wildman–Crippen LogP) is 5.04. The molecule has 0 aliphatic rings. The van der Waals surface area contributed by atoms with Gasteiger partial charge < -0.3 is 5.73 Å². The number of nitrogens with two attached hydrogens (primary N) is 1. The van der Waals surface area contributed by atoms with Gasteiger partial charge in [-0.1, -0.05) is 17.7 Å². The number of hydrogen-bond acceptors (Lipinski definition) is 3. The molecule has 2 N–H and O–H groups in total. The maximum absolute atomic E-state index is 6.10. The zero-order valence-electron chi connectivity index (χ0n) is 8.24. The first-order valence-corrected chi connectivity index (χ1v) is 7.61. The Morgan fingerprint density at radius 3 is 2.81 bits per heavy atom. The Kier molecular flexibility index (Phi) is 4.19. The topological polar surface area (TPSA) is 26.0 Å². The molecule has 0 saturated heterocycles. The highest BCUT2D eigenvalue weighted by molar-refractivity contribution is 9.10. The van der Waals surface area contributed by atoms with Gasteiger partial charge in [0.05, 0.1) is 5.02 Å². The van der Waals surface area contributed by atoms with Crippen LogP contribution in [0.1, 0.15) is 4.88 Å². The number of hydrogen-bond donors (Lipinski definition) is 1. The van der Waals surface area contributed by atoms with Crippen LogP contribution < -0.4 is 5.73 Å². The Labute approximate surface area is 116 Å². The molecule has 5 heteroatoms. The van der Waals surface area contributed by atoms with Gasteiger partial charge in [0.15, 0.2) is 0 Å². The van der Waals surface area contributed by atoms with E-state index in [1.54, 1.807) is 23.1 Å². The molecule has 0 aliphatic carbocycles. The summed E-state index contributed by atoms with van der Waals surface area (Å²) in [4.78, 5) is 2.26. The fraction of sp³-hybridized carbons (Fsp3) is 0.0909. The van der Waals surface area contributed by atoms with Crippen LogP contribution in [0.25, 0.3) is 0 Å². The third-order valence-corrected chi connectivity index (χ3v) is 5.75. The van der Waals surface area contributed by atoms with Gasteiger partial charge in [0.2, 0.25) is 0 Å². The summed E-state index contributed by atoms with van der Waals surface area (Å²) >= 11 is 13.0. The van der Waals surface area contributed by atoms with Crippen LogP contribution in [0.15, 0.2) is 39.0 Å². The van der Waals surface area contributed by atoms with E-state index < -0.39 is 0 Å². The fourth-order valence-electron chi connectivity index (χ4n) is 1.24. The van der Waals surface area contributed by atoms with Gasteiger partial charge in [-0.3, -0.25) is 0 Å². The van der Waals surface area contributed by atoms with Crippen LogP contribution in [0.4, 0.5) is 5.69 Å². The van der Waals surface area contributed by atoms with Crippen LogP contribution >= 0.6 is 50.6 Å². The molecule has 2 aromatic rings. The lowest BCUT2D eigenvalue weighted by atomic mass is 10.3. The van der Waals surface area contributed by atoms with Crippen LogP contribution in [-0.4, -0.2) is 0 Å². The number of anilines is 1. The summed E-state index contributed by atoms with van der Waals surface area (Å²) in [5.74, 6) is 0.881. The van der Waals surface area contributed by atoms with Gasteiger partial charge in [-0.05, 0) is 39.5 Å². The first-order valence-electron chi connectivity index (χ1n) is 4.57. The maximum atomic E-state index is 6.10. The molecule has 1 aromatic carbocycles. The van der Waals surface area contributed by atoms with Gasteiger partial charge >= 0.3 is 0 Å². The quantitative estimate of drug-likeness (QED) is 0.628. The molecule has 0 aliphatic heterocycles. The Morgan fingerprint density at radius 1 is 1.38 bits per heavy atom. The molecule has 0 bridgehead atoms. The van der Waals surface area contributed by atoms with Crippen LogP contribution in [0, 0.1) is 0 Å². The minimum absolute atomic E-state index is 0.720. The smallest absolute Gasteiger partial charge is 0.0562 e. The van der Waals surface area contributed by atoms with Crippen molar-refractivity contribution in [1.82, 2.24) is 0 Å². The summed E-state index contributed by atoms with van der Waals surface area (Å²) in [7, 11) is 0. The molecular formula is C11H9BrClNS2. The molecule has 0 saturated carbocycles. The molecule has 0 spiro atoms. The lowest BCUT2D eigenvalue weighted by molar-refractivity contribution is 1.42. The second-order valence-electron chi connectivity index (χ2n) is 3.14. The van der Waals surface area contributed by atoms with E-state index in [1.807, 2.05) is 18.2 Å². The van der Waals surface area contributed by atoms with E-state index in [9.17, 15) is 0 Å². The van der Waals surface area contributed by atoms with E-state index in [2.05, 4.69) is 27.4 Å². The van der Waals surface area contributed by atoms with Crippen molar-refractivity contribution < 1.29 is 0 Å². The lowest BCUT2D eigenvalue weighted by Gasteiger charge is -2.06. The minimum atomic E-state index is 0.720. The molecule has 84 valence electrons. The largest absolute Gasteiger partial charge is 0.398 e. The molecule has 1 aromatic heterocycles. The Balaban J connectivity index is 2.14. The van der Waals surface area contributed by atoms with Crippen LogP contribution in [-0.2, 0) is 5.75 Å². The van der Waals surface area contributed by atoms with E-state index in [1.165, 1.54) is 4.88 Å². The summed E-state index contributed by atoms with van der Waals surface area (Å²) in [6.45, 7) is 0. The average Bonchev–Trinajstić information content (AvgIpc) is 2.64. The zero-order valence-corrected chi connectivity index (χ0v) is 12.2. The second-order valence-corrected chi connectivity index (χ2v) is 6.39. The van der Waals surface area contributed by atoms with Crippen LogP contribution in [0.2, 0.25) is 5.02 Å². The second kappa shape index (κ2) is 5.45. The summed E-state index contributed by atoms with van der Waals surface area (Å²) in [6.07, 6.45) is 0. The van der Waals surface area contributed by atoms with Gasteiger partial charge in [-0.15, -0.1) is 23.1 Å². The van der Waals surface area contributed by atoms with Crippen molar-refractivity contribution in [1.29, 1.82) is 0 Å². The fourth-order valence-corrected chi connectivity index (χ4v) is 4.37. The van der Waals surface area contributed by atoms with Crippen molar-refractivity contribution in [2.75, 3.05) is 5.73 Å². The summed E-state index contributed by atoms with van der Waals surface area (Å²) in [6, 6.07) is 7.65. The SMILES string of the molecule is Nc1cccc(Cl)c1SCc1sccc1Br. The molecule has 0 fully saturated rings. The Hall–Kier alpha value is -0.160. The van der Waals surface area contributed by atoms with Gasteiger partial charge in [0, 0.05) is 25.7 Å². The number of thioether (sulfide) groups is 1. The van der Waals surface area contributed by atoms with Gasteiger partial charge in [0.1, 0.15) is 0 Å². The number of halogens is 2. The third kappa shape index (κ3) is 2.74. The van der Waals surface area contributed by atoms with Crippen molar-refractivity contribution in [3.63, 3.8) is 0 Å².